The summed E-state index contributed by atoms with van der Waals surface area (Å²) in [5.41, 5.74) is 0.0119. The van der Waals surface area contributed by atoms with Crippen LogP contribution in [0.3, 0.4) is 0 Å². The zero-order chi connectivity index (χ0) is 14.8. The predicted octanol–water partition coefficient (Wildman–Crippen LogP) is 2.03. The number of aromatic nitrogens is 3. The fraction of sp³-hybridized carbons (Fsp3) is 0.769. The Morgan fingerprint density at radius 3 is 2.65 bits per heavy atom. The Balaban J connectivity index is 2.24. The van der Waals surface area contributed by atoms with Crippen LogP contribution >= 0.6 is 11.8 Å². The summed E-state index contributed by atoms with van der Waals surface area (Å²) >= 11 is 1.12. The summed E-state index contributed by atoms with van der Waals surface area (Å²) < 4.78 is 1.50. The summed E-state index contributed by atoms with van der Waals surface area (Å²) in [5, 5.41) is 17.6. The Hall–Kier alpha value is -1.24. The Morgan fingerprint density at radius 1 is 1.45 bits per heavy atom. The van der Waals surface area contributed by atoms with Gasteiger partial charge < -0.3 is 10.9 Å². The maximum absolute atomic E-state index is 10.6. The normalized spacial score (nSPS) is 17.8. The van der Waals surface area contributed by atoms with Gasteiger partial charge in [-0.2, -0.15) is 0 Å². The quantitative estimate of drug-likeness (QED) is 0.616. The second kappa shape index (κ2) is 6.03. The Morgan fingerprint density at radius 2 is 2.10 bits per heavy atom. The number of aliphatic carboxylic acids is 1. The van der Waals surface area contributed by atoms with E-state index in [1.807, 2.05) is 0 Å². The van der Waals surface area contributed by atoms with Crippen molar-refractivity contribution in [1.82, 2.24) is 14.9 Å². The molecule has 1 aromatic rings. The van der Waals surface area contributed by atoms with E-state index in [-0.39, 0.29) is 11.2 Å². The fourth-order valence-corrected chi connectivity index (χ4v) is 3.79. The van der Waals surface area contributed by atoms with E-state index in [9.17, 15) is 4.79 Å². The highest BCUT2D eigenvalue weighted by molar-refractivity contribution is 7.99. The number of nitrogens with zero attached hydrogens (tertiary/aromatic N) is 3. The number of carboxylic acid groups (broad SMARTS) is 1. The molecule has 0 unspecified atom stereocenters. The lowest BCUT2D eigenvalue weighted by atomic mass is 9.78. The van der Waals surface area contributed by atoms with Gasteiger partial charge in [0.05, 0.1) is 5.75 Å². The summed E-state index contributed by atoms with van der Waals surface area (Å²) in [7, 11) is 0. The summed E-state index contributed by atoms with van der Waals surface area (Å²) in [6, 6.07) is 0. The molecule has 0 radical (unpaired) electrons. The smallest absolute Gasteiger partial charge is 0.313 e. The first-order chi connectivity index (χ1) is 9.44. The third-order valence-corrected chi connectivity index (χ3v) is 4.75. The van der Waals surface area contributed by atoms with Crippen LogP contribution in [0.2, 0.25) is 0 Å². The van der Waals surface area contributed by atoms with Crippen molar-refractivity contribution in [3.8, 4) is 0 Å². The van der Waals surface area contributed by atoms with Crippen LogP contribution < -0.4 is 5.84 Å². The van der Waals surface area contributed by atoms with Crippen molar-refractivity contribution in [2.45, 2.75) is 56.5 Å². The molecule has 0 bridgehead atoms. The molecule has 1 aliphatic carbocycles. The van der Waals surface area contributed by atoms with Gasteiger partial charge in [0, 0.05) is 5.41 Å². The molecule has 1 aromatic heterocycles. The molecule has 3 N–H and O–H groups in total. The minimum atomic E-state index is -0.877. The Kier molecular flexibility index (Phi) is 4.57. The number of nitrogens with two attached hydrogens (primary N) is 1. The molecule has 1 aliphatic rings. The van der Waals surface area contributed by atoms with E-state index in [0.29, 0.717) is 11.1 Å². The molecule has 0 amide bonds. The Bertz CT molecular complexity index is 481. The number of hydrogen-bond acceptors (Lipinski definition) is 5. The van der Waals surface area contributed by atoms with Crippen LogP contribution in [0.25, 0.3) is 0 Å². The lowest BCUT2D eigenvalue weighted by molar-refractivity contribution is -0.133. The summed E-state index contributed by atoms with van der Waals surface area (Å²) in [6.45, 7) is 4.41. The van der Waals surface area contributed by atoms with E-state index in [0.717, 1.165) is 36.8 Å². The van der Waals surface area contributed by atoms with E-state index in [4.69, 9.17) is 10.9 Å². The minimum absolute atomic E-state index is 0.0119. The molecule has 1 heterocycles. The van der Waals surface area contributed by atoms with Gasteiger partial charge in [-0.05, 0) is 25.2 Å². The summed E-state index contributed by atoms with van der Waals surface area (Å²) in [4.78, 5) is 10.6. The van der Waals surface area contributed by atoms with Gasteiger partial charge in [0.1, 0.15) is 0 Å². The van der Waals surface area contributed by atoms with Crippen LogP contribution in [-0.2, 0) is 10.2 Å². The van der Waals surface area contributed by atoms with Crippen molar-refractivity contribution in [2.24, 2.45) is 5.92 Å². The van der Waals surface area contributed by atoms with Crippen LogP contribution in [-0.4, -0.2) is 31.7 Å². The van der Waals surface area contributed by atoms with E-state index < -0.39 is 5.97 Å². The van der Waals surface area contributed by atoms with Crippen LogP contribution in [0.4, 0.5) is 0 Å². The number of carboxylic acids is 1. The fourth-order valence-electron chi connectivity index (χ4n) is 3.22. The number of hydrogen-bond donors (Lipinski definition) is 2. The average Bonchev–Trinajstić information content (AvgIpc) is 2.94. The molecule has 1 saturated carbocycles. The molecule has 112 valence electrons. The maximum Gasteiger partial charge on any atom is 0.313 e. The van der Waals surface area contributed by atoms with Gasteiger partial charge in [-0.1, -0.05) is 38.5 Å². The largest absolute Gasteiger partial charge is 0.481 e. The van der Waals surface area contributed by atoms with Crippen molar-refractivity contribution in [2.75, 3.05) is 11.6 Å². The second-order valence-corrected chi connectivity index (χ2v) is 6.89. The lowest BCUT2D eigenvalue weighted by Gasteiger charge is -2.29. The molecule has 0 aromatic carbocycles. The topological polar surface area (TPSA) is 94.0 Å². The first-order valence-corrected chi connectivity index (χ1v) is 7.99. The van der Waals surface area contributed by atoms with Gasteiger partial charge in [0.25, 0.3) is 0 Å². The number of carbonyl (C=O) groups is 1. The van der Waals surface area contributed by atoms with Crippen LogP contribution in [0, 0.1) is 5.92 Å². The van der Waals surface area contributed by atoms with Gasteiger partial charge in [-0.25, -0.2) is 4.68 Å². The predicted molar refractivity (Wildman–Crippen MR) is 78.1 cm³/mol. The standard InChI is InChI=1S/C13H22N4O2S/c1-9(2)7-13(5-3-4-6-13)11-15-16-12(17(11)14)20-8-10(18)19/h9H,3-8,14H2,1-2H3,(H,18,19). The third-order valence-electron chi connectivity index (χ3n) is 3.82. The third kappa shape index (κ3) is 3.08. The second-order valence-electron chi connectivity index (χ2n) is 5.94. The van der Waals surface area contributed by atoms with Crippen molar-refractivity contribution in [1.29, 1.82) is 0 Å². The molecule has 20 heavy (non-hydrogen) atoms. The SMILES string of the molecule is CC(C)CC1(c2nnc(SCC(=O)O)n2N)CCCC1. The van der Waals surface area contributed by atoms with Gasteiger partial charge >= 0.3 is 5.97 Å². The van der Waals surface area contributed by atoms with Gasteiger partial charge in [0.15, 0.2) is 5.82 Å². The zero-order valence-electron chi connectivity index (χ0n) is 12.0. The molecular formula is C13H22N4O2S. The minimum Gasteiger partial charge on any atom is -0.481 e. The molecule has 7 heteroatoms. The lowest BCUT2D eigenvalue weighted by Crippen LogP contribution is -2.31. The van der Waals surface area contributed by atoms with Crippen molar-refractivity contribution < 1.29 is 9.90 Å². The van der Waals surface area contributed by atoms with Gasteiger partial charge in [0.2, 0.25) is 5.16 Å². The highest BCUT2D eigenvalue weighted by Gasteiger charge is 2.40. The van der Waals surface area contributed by atoms with Gasteiger partial charge in [-0.15, -0.1) is 10.2 Å². The first-order valence-electron chi connectivity index (χ1n) is 7.00. The maximum atomic E-state index is 10.6. The monoisotopic (exact) mass is 298 g/mol. The highest BCUT2D eigenvalue weighted by Crippen LogP contribution is 2.44. The number of nitrogen functional groups attached to an aromatic ring is 1. The molecule has 1 fully saturated rings. The van der Waals surface area contributed by atoms with Crippen molar-refractivity contribution in [3.05, 3.63) is 5.82 Å². The summed E-state index contributed by atoms with van der Waals surface area (Å²) in [5.74, 6) is 6.57. The molecule has 0 aliphatic heterocycles. The van der Waals surface area contributed by atoms with E-state index in [1.54, 1.807) is 0 Å². The van der Waals surface area contributed by atoms with E-state index in [1.165, 1.54) is 17.5 Å². The first kappa shape index (κ1) is 15.2. The molecule has 0 saturated heterocycles. The van der Waals surface area contributed by atoms with E-state index in [2.05, 4.69) is 24.0 Å². The van der Waals surface area contributed by atoms with E-state index >= 15 is 0 Å². The molecular weight excluding hydrogens is 276 g/mol. The molecule has 6 nitrogen and oxygen atoms in total. The number of rotatable bonds is 6. The van der Waals surface area contributed by atoms with Gasteiger partial charge in [-0.3, -0.25) is 4.79 Å². The highest BCUT2D eigenvalue weighted by atomic mass is 32.2. The van der Waals surface area contributed by atoms with Crippen LogP contribution in [0.1, 0.15) is 51.8 Å². The number of thioether (sulfide) groups is 1. The van der Waals surface area contributed by atoms with Crippen molar-refractivity contribution >= 4 is 17.7 Å². The zero-order valence-corrected chi connectivity index (χ0v) is 12.8. The average molecular weight is 298 g/mol. The van der Waals surface area contributed by atoms with Crippen LogP contribution in [0.15, 0.2) is 5.16 Å². The molecule has 0 atom stereocenters. The summed E-state index contributed by atoms with van der Waals surface area (Å²) in [6.07, 6.45) is 5.61. The van der Waals surface area contributed by atoms with Crippen LogP contribution in [0.5, 0.6) is 0 Å². The molecule has 0 spiro atoms. The Labute approximate surface area is 123 Å². The molecule has 2 rings (SSSR count). The van der Waals surface area contributed by atoms with Crippen molar-refractivity contribution in [3.63, 3.8) is 0 Å².